The summed E-state index contributed by atoms with van der Waals surface area (Å²) in [4.78, 5) is 0. The molecule has 0 aliphatic heterocycles. The Labute approximate surface area is 124 Å². The first-order valence-corrected chi connectivity index (χ1v) is 6.99. The Bertz CT molecular complexity index is 707. The molecule has 1 aromatic heterocycles. The Morgan fingerprint density at radius 3 is 2.40 bits per heavy atom. The molecule has 0 radical (unpaired) electrons. The standard InChI is InChI=1S/C18H15ClN/c19-17-10-6-9-16(13-17)18-11-4-5-12-20(18)14-15-7-2-1-3-8-15/h1-13H,14H2/q+1. The summed E-state index contributed by atoms with van der Waals surface area (Å²) in [6, 6.07) is 24.6. The summed E-state index contributed by atoms with van der Waals surface area (Å²) in [7, 11) is 0. The van der Waals surface area contributed by atoms with Crippen LogP contribution >= 0.6 is 11.6 Å². The van der Waals surface area contributed by atoms with Gasteiger partial charge in [0.15, 0.2) is 12.7 Å². The van der Waals surface area contributed by atoms with E-state index in [4.69, 9.17) is 11.6 Å². The van der Waals surface area contributed by atoms with Crippen molar-refractivity contribution in [1.29, 1.82) is 0 Å². The van der Waals surface area contributed by atoms with E-state index < -0.39 is 0 Å². The van der Waals surface area contributed by atoms with E-state index in [-0.39, 0.29) is 0 Å². The molecule has 0 atom stereocenters. The van der Waals surface area contributed by atoms with E-state index in [0.29, 0.717) is 0 Å². The Kier molecular flexibility index (Phi) is 3.80. The number of benzene rings is 2. The van der Waals surface area contributed by atoms with Crippen molar-refractivity contribution in [2.24, 2.45) is 0 Å². The van der Waals surface area contributed by atoms with Gasteiger partial charge in [0.05, 0.1) is 0 Å². The average Bonchev–Trinajstić information content (AvgIpc) is 2.49. The van der Waals surface area contributed by atoms with Crippen LogP contribution in [0.5, 0.6) is 0 Å². The maximum atomic E-state index is 6.10. The fourth-order valence-corrected chi connectivity index (χ4v) is 2.49. The third-order valence-corrected chi connectivity index (χ3v) is 3.49. The van der Waals surface area contributed by atoms with Crippen LogP contribution in [0.25, 0.3) is 11.3 Å². The summed E-state index contributed by atoms with van der Waals surface area (Å²) < 4.78 is 2.24. The number of rotatable bonds is 3. The third kappa shape index (κ3) is 2.89. The number of pyridine rings is 1. The summed E-state index contributed by atoms with van der Waals surface area (Å²) >= 11 is 6.10. The minimum Gasteiger partial charge on any atom is -0.194 e. The Morgan fingerprint density at radius 2 is 1.60 bits per heavy atom. The molecule has 2 heteroatoms. The number of aromatic nitrogens is 1. The summed E-state index contributed by atoms with van der Waals surface area (Å²) in [6.07, 6.45) is 2.10. The molecule has 0 saturated carbocycles. The highest BCUT2D eigenvalue weighted by atomic mass is 35.5. The second-order valence-corrected chi connectivity index (χ2v) is 5.15. The predicted molar refractivity (Wildman–Crippen MR) is 82.6 cm³/mol. The largest absolute Gasteiger partial charge is 0.212 e. The molecule has 0 spiro atoms. The van der Waals surface area contributed by atoms with Gasteiger partial charge in [-0.3, -0.25) is 0 Å². The van der Waals surface area contributed by atoms with E-state index in [1.165, 1.54) is 11.3 Å². The first kappa shape index (κ1) is 12.9. The molecule has 0 saturated heterocycles. The van der Waals surface area contributed by atoms with Gasteiger partial charge in [-0.25, -0.2) is 0 Å². The molecule has 0 fully saturated rings. The molecule has 0 N–H and O–H groups in total. The minimum atomic E-state index is 0.762. The highest BCUT2D eigenvalue weighted by Crippen LogP contribution is 2.19. The smallest absolute Gasteiger partial charge is 0.194 e. The second kappa shape index (κ2) is 5.89. The van der Waals surface area contributed by atoms with Crippen LogP contribution in [0.2, 0.25) is 5.02 Å². The number of hydrogen-bond acceptors (Lipinski definition) is 0. The zero-order valence-corrected chi connectivity index (χ0v) is 11.8. The lowest BCUT2D eigenvalue weighted by Crippen LogP contribution is -2.36. The van der Waals surface area contributed by atoms with Crippen LogP contribution in [-0.2, 0) is 6.54 Å². The lowest BCUT2D eigenvalue weighted by Gasteiger charge is -2.04. The maximum Gasteiger partial charge on any atom is 0.212 e. The van der Waals surface area contributed by atoms with Gasteiger partial charge < -0.3 is 0 Å². The zero-order valence-electron chi connectivity index (χ0n) is 11.0. The van der Waals surface area contributed by atoms with Crippen LogP contribution in [0, 0.1) is 0 Å². The van der Waals surface area contributed by atoms with Crippen molar-refractivity contribution in [3.8, 4) is 11.3 Å². The van der Waals surface area contributed by atoms with Gasteiger partial charge in [0.1, 0.15) is 0 Å². The number of hydrogen-bond donors (Lipinski definition) is 0. The molecule has 1 nitrogen and oxygen atoms in total. The molecular weight excluding hydrogens is 266 g/mol. The van der Waals surface area contributed by atoms with Crippen molar-refractivity contribution < 1.29 is 4.57 Å². The molecule has 3 rings (SSSR count). The van der Waals surface area contributed by atoms with Gasteiger partial charge in [0.2, 0.25) is 5.69 Å². The van der Waals surface area contributed by atoms with Crippen molar-refractivity contribution in [2.75, 3.05) is 0 Å². The quantitative estimate of drug-likeness (QED) is 0.628. The van der Waals surface area contributed by atoms with Crippen LogP contribution < -0.4 is 4.57 Å². The predicted octanol–water partition coefficient (Wildman–Crippen LogP) is 4.34. The monoisotopic (exact) mass is 280 g/mol. The molecular formula is C18H15ClN+. The lowest BCUT2D eigenvalue weighted by molar-refractivity contribution is -0.677. The van der Waals surface area contributed by atoms with Crippen LogP contribution in [0.15, 0.2) is 79.0 Å². The first-order chi connectivity index (χ1) is 9.83. The van der Waals surface area contributed by atoms with Crippen LogP contribution in [-0.4, -0.2) is 0 Å². The van der Waals surface area contributed by atoms with E-state index in [0.717, 1.165) is 17.1 Å². The third-order valence-electron chi connectivity index (χ3n) is 3.26. The van der Waals surface area contributed by atoms with Crippen molar-refractivity contribution in [1.82, 2.24) is 0 Å². The molecule has 0 aliphatic rings. The normalized spacial score (nSPS) is 10.4. The average molecular weight is 281 g/mol. The molecule has 2 aromatic carbocycles. The van der Waals surface area contributed by atoms with E-state index >= 15 is 0 Å². The summed E-state index contributed by atoms with van der Waals surface area (Å²) in [5.41, 5.74) is 3.58. The second-order valence-electron chi connectivity index (χ2n) is 4.71. The van der Waals surface area contributed by atoms with E-state index in [1.54, 1.807) is 0 Å². The summed E-state index contributed by atoms with van der Waals surface area (Å²) in [5, 5.41) is 0.762. The SMILES string of the molecule is Clc1cccc(-c2cccc[n+]2Cc2ccccc2)c1. The van der Waals surface area contributed by atoms with Crippen molar-refractivity contribution in [2.45, 2.75) is 6.54 Å². The van der Waals surface area contributed by atoms with Crippen molar-refractivity contribution in [3.05, 3.63) is 89.6 Å². The summed E-state index contributed by atoms with van der Waals surface area (Å²) in [5.74, 6) is 0. The molecule has 20 heavy (non-hydrogen) atoms. The molecule has 1 heterocycles. The number of halogens is 1. The zero-order chi connectivity index (χ0) is 13.8. The maximum absolute atomic E-state index is 6.10. The molecule has 3 aromatic rings. The highest BCUT2D eigenvalue weighted by Gasteiger charge is 2.12. The van der Waals surface area contributed by atoms with Gasteiger partial charge in [-0.2, -0.15) is 4.57 Å². The molecule has 0 aliphatic carbocycles. The van der Waals surface area contributed by atoms with Crippen LogP contribution in [0.3, 0.4) is 0 Å². The van der Waals surface area contributed by atoms with E-state index in [2.05, 4.69) is 59.3 Å². The van der Waals surface area contributed by atoms with Gasteiger partial charge in [0.25, 0.3) is 0 Å². The van der Waals surface area contributed by atoms with Crippen molar-refractivity contribution >= 4 is 11.6 Å². The van der Waals surface area contributed by atoms with Crippen molar-refractivity contribution in [3.63, 3.8) is 0 Å². The lowest BCUT2D eigenvalue weighted by atomic mass is 10.1. The fourth-order valence-electron chi connectivity index (χ4n) is 2.30. The Hall–Kier alpha value is -2.12. The molecule has 98 valence electrons. The molecule has 0 bridgehead atoms. The topological polar surface area (TPSA) is 3.88 Å². The summed E-state index contributed by atoms with van der Waals surface area (Å²) in [6.45, 7) is 0.851. The molecule has 0 unspecified atom stereocenters. The van der Waals surface area contributed by atoms with Gasteiger partial charge in [-0.15, -0.1) is 0 Å². The van der Waals surface area contributed by atoms with E-state index in [1.807, 2.05) is 24.3 Å². The van der Waals surface area contributed by atoms with Gasteiger partial charge in [-0.05, 0) is 24.3 Å². The van der Waals surface area contributed by atoms with Gasteiger partial charge in [-0.1, -0.05) is 48.0 Å². The van der Waals surface area contributed by atoms with Crippen LogP contribution in [0.1, 0.15) is 5.56 Å². The Morgan fingerprint density at radius 1 is 0.800 bits per heavy atom. The Balaban J connectivity index is 2.00. The van der Waals surface area contributed by atoms with E-state index in [9.17, 15) is 0 Å². The number of nitrogens with zero attached hydrogens (tertiary/aromatic N) is 1. The van der Waals surface area contributed by atoms with Crippen LogP contribution in [0.4, 0.5) is 0 Å². The fraction of sp³-hybridized carbons (Fsp3) is 0.0556. The minimum absolute atomic E-state index is 0.762. The van der Waals surface area contributed by atoms with Gasteiger partial charge in [0, 0.05) is 28.3 Å². The first-order valence-electron chi connectivity index (χ1n) is 6.61. The molecule has 0 amide bonds. The van der Waals surface area contributed by atoms with Gasteiger partial charge >= 0.3 is 0 Å². The highest BCUT2D eigenvalue weighted by molar-refractivity contribution is 6.30.